The Labute approximate surface area is 127 Å². The van der Waals surface area contributed by atoms with Gasteiger partial charge in [-0.25, -0.2) is 17.8 Å². The van der Waals surface area contributed by atoms with Gasteiger partial charge < -0.3 is 5.73 Å². The summed E-state index contributed by atoms with van der Waals surface area (Å²) >= 11 is 1.39. The van der Waals surface area contributed by atoms with Crippen molar-refractivity contribution in [2.75, 3.05) is 7.05 Å². The Kier molecular flexibility index (Phi) is 4.72. The molecule has 0 radical (unpaired) electrons. The van der Waals surface area contributed by atoms with E-state index in [1.807, 2.05) is 6.92 Å². The van der Waals surface area contributed by atoms with Gasteiger partial charge in [-0.2, -0.15) is 4.31 Å². The van der Waals surface area contributed by atoms with E-state index in [1.54, 1.807) is 5.51 Å². The smallest absolute Gasteiger partial charge is 0.243 e. The largest absolute Gasteiger partial charge is 0.326 e. The Morgan fingerprint density at radius 2 is 2.14 bits per heavy atom. The highest BCUT2D eigenvalue weighted by molar-refractivity contribution is 7.89. The van der Waals surface area contributed by atoms with Crippen molar-refractivity contribution in [3.05, 3.63) is 45.7 Å². The molecule has 0 saturated heterocycles. The Morgan fingerprint density at radius 1 is 1.43 bits per heavy atom. The number of nitrogens with two attached hydrogens (primary N) is 1. The summed E-state index contributed by atoms with van der Waals surface area (Å²) in [6.45, 7) is 2.04. The number of hydrogen-bond donors (Lipinski definition) is 1. The van der Waals surface area contributed by atoms with Crippen molar-refractivity contribution in [2.24, 2.45) is 5.73 Å². The molecule has 2 N–H and O–H groups in total. The summed E-state index contributed by atoms with van der Waals surface area (Å²) in [4.78, 5) is 4.85. The highest BCUT2D eigenvalue weighted by atomic mass is 32.2. The quantitative estimate of drug-likeness (QED) is 0.908. The van der Waals surface area contributed by atoms with Crippen molar-refractivity contribution in [3.8, 4) is 0 Å². The summed E-state index contributed by atoms with van der Waals surface area (Å²) < 4.78 is 39.7. The van der Waals surface area contributed by atoms with Crippen molar-refractivity contribution in [1.82, 2.24) is 9.29 Å². The van der Waals surface area contributed by atoms with E-state index < -0.39 is 15.8 Å². The van der Waals surface area contributed by atoms with Gasteiger partial charge in [-0.1, -0.05) is 6.07 Å². The molecule has 0 fully saturated rings. The molecule has 2 rings (SSSR count). The molecule has 0 unspecified atom stereocenters. The molecule has 0 atom stereocenters. The predicted molar refractivity (Wildman–Crippen MR) is 79.8 cm³/mol. The molecule has 2 aromatic rings. The van der Waals surface area contributed by atoms with Crippen LogP contribution < -0.4 is 5.73 Å². The lowest BCUT2D eigenvalue weighted by Gasteiger charge is -2.18. The maximum Gasteiger partial charge on any atom is 0.243 e. The van der Waals surface area contributed by atoms with E-state index in [9.17, 15) is 12.8 Å². The van der Waals surface area contributed by atoms with Crippen LogP contribution in [-0.2, 0) is 23.1 Å². The van der Waals surface area contributed by atoms with E-state index in [4.69, 9.17) is 5.73 Å². The highest BCUT2D eigenvalue weighted by Gasteiger charge is 2.25. The van der Waals surface area contributed by atoms with Crippen molar-refractivity contribution in [3.63, 3.8) is 0 Å². The van der Waals surface area contributed by atoms with Crippen LogP contribution in [0.25, 0.3) is 0 Å². The molecule has 0 spiro atoms. The van der Waals surface area contributed by atoms with Gasteiger partial charge in [-0.15, -0.1) is 11.3 Å². The zero-order valence-corrected chi connectivity index (χ0v) is 13.3. The van der Waals surface area contributed by atoms with Gasteiger partial charge in [0, 0.05) is 25.0 Å². The average Bonchev–Trinajstić information content (AvgIpc) is 2.84. The minimum absolute atomic E-state index is 0.0300. The van der Waals surface area contributed by atoms with E-state index in [2.05, 4.69) is 4.98 Å². The fraction of sp³-hybridized carbons (Fsp3) is 0.308. The lowest BCUT2D eigenvalue weighted by molar-refractivity contribution is 0.467. The monoisotopic (exact) mass is 329 g/mol. The maximum atomic E-state index is 13.4. The van der Waals surface area contributed by atoms with Crippen LogP contribution in [0.3, 0.4) is 0 Å². The normalized spacial score (nSPS) is 12.0. The molecule has 5 nitrogen and oxygen atoms in total. The van der Waals surface area contributed by atoms with Crippen LogP contribution >= 0.6 is 11.3 Å². The Balaban J connectivity index is 2.37. The average molecular weight is 329 g/mol. The van der Waals surface area contributed by atoms with Gasteiger partial charge >= 0.3 is 0 Å². The van der Waals surface area contributed by atoms with Crippen LogP contribution in [-0.4, -0.2) is 24.8 Å². The fourth-order valence-electron chi connectivity index (χ4n) is 1.87. The van der Waals surface area contributed by atoms with Crippen LogP contribution in [0.2, 0.25) is 0 Å². The van der Waals surface area contributed by atoms with Crippen molar-refractivity contribution >= 4 is 21.4 Å². The topological polar surface area (TPSA) is 76.3 Å². The number of rotatable bonds is 5. The zero-order valence-electron chi connectivity index (χ0n) is 11.7. The molecule has 21 heavy (non-hydrogen) atoms. The molecular weight excluding hydrogens is 313 g/mol. The Hall–Kier alpha value is -1.35. The number of benzene rings is 1. The number of aryl methyl sites for hydroxylation is 1. The lowest BCUT2D eigenvalue weighted by Crippen LogP contribution is -2.27. The van der Waals surface area contributed by atoms with Gasteiger partial charge in [0.05, 0.1) is 16.1 Å². The van der Waals surface area contributed by atoms with Gasteiger partial charge in [0.1, 0.15) is 5.82 Å². The second kappa shape index (κ2) is 6.18. The van der Waals surface area contributed by atoms with Crippen LogP contribution in [0.5, 0.6) is 0 Å². The lowest BCUT2D eigenvalue weighted by atomic mass is 10.2. The van der Waals surface area contributed by atoms with Gasteiger partial charge in [-0.05, 0) is 24.6 Å². The zero-order chi connectivity index (χ0) is 15.6. The number of sulfonamides is 1. The predicted octanol–water partition coefficient (Wildman–Crippen LogP) is 1.87. The third-order valence-corrected chi connectivity index (χ3v) is 5.95. The summed E-state index contributed by atoms with van der Waals surface area (Å²) in [5, 5.41) is 0. The van der Waals surface area contributed by atoms with E-state index in [1.165, 1.54) is 34.8 Å². The first-order valence-electron chi connectivity index (χ1n) is 6.20. The Bertz CT molecular complexity index is 744. The number of hydrogen-bond acceptors (Lipinski definition) is 5. The molecule has 1 heterocycles. The number of thiazole rings is 1. The third kappa shape index (κ3) is 3.29. The van der Waals surface area contributed by atoms with Crippen LogP contribution in [0.4, 0.5) is 4.39 Å². The molecule has 1 aromatic carbocycles. The highest BCUT2D eigenvalue weighted by Crippen LogP contribution is 2.23. The minimum atomic E-state index is -3.80. The van der Waals surface area contributed by atoms with E-state index in [-0.39, 0.29) is 18.0 Å². The molecule has 0 bridgehead atoms. The molecule has 8 heteroatoms. The van der Waals surface area contributed by atoms with Gasteiger partial charge in [0.25, 0.3) is 0 Å². The fourth-order valence-corrected chi connectivity index (χ4v) is 4.16. The standard InChI is InChI=1S/C13H16FN3O2S2/c1-9-12(20-8-16-9)7-17(2)21(18,19)13-5-11(14)4-3-10(13)6-15/h3-5,8H,6-7,15H2,1-2H3. The second-order valence-electron chi connectivity index (χ2n) is 4.58. The van der Waals surface area contributed by atoms with Gasteiger partial charge in [0.15, 0.2) is 0 Å². The third-order valence-electron chi connectivity index (χ3n) is 3.15. The number of aromatic nitrogens is 1. The summed E-state index contributed by atoms with van der Waals surface area (Å²) in [7, 11) is -2.35. The first-order valence-corrected chi connectivity index (χ1v) is 8.52. The second-order valence-corrected chi connectivity index (χ2v) is 7.53. The van der Waals surface area contributed by atoms with Crippen molar-refractivity contribution in [1.29, 1.82) is 0 Å². The van der Waals surface area contributed by atoms with Crippen molar-refractivity contribution in [2.45, 2.75) is 24.9 Å². The van der Waals surface area contributed by atoms with E-state index >= 15 is 0 Å². The molecule has 114 valence electrons. The number of halogens is 1. The van der Waals surface area contributed by atoms with Crippen molar-refractivity contribution < 1.29 is 12.8 Å². The molecule has 0 saturated carbocycles. The molecule has 0 aliphatic rings. The molecular formula is C13H16FN3O2S2. The maximum absolute atomic E-state index is 13.4. The van der Waals surface area contributed by atoms with Crippen LogP contribution in [0.1, 0.15) is 16.1 Å². The molecule has 0 aliphatic carbocycles. The van der Waals surface area contributed by atoms with Gasteiger partial charge in [0.2, 0.25) is 10.0 Å². The number of nitrogens with zero attached hydrogens (tertiary/aromatic N) is 2. The van der Waals surface area contributed by atoms with Crippen LogP contribution in [0, 0.1) is 12.7 Å². The Morgan fingerprint density at radius 3 is 2.71 bits per heavy atom. The summed E-state index contributed by atoms with van der Waals surface area (Å²) in [5.74, 6) is -0.604. The molecule has 0 aliphatic heterocycles. The van der Waals surface area contributed by atoms with E-state index in [0.29, 0.717) is 5.56 Å². The van der Waals surface area contributed by atoms with Gasteiger partial charge in [-0.3, -0.25) is 0 Å². The first-order chi connectivity index (χ1) is 9.86. The first kappa shape index (κ1) is 16.0. The van der Waals surface area contributed by atoms with E-state index in [0.717, 1.165) is 16.6 Å². The minimum Gasteiger partial charge on any atom is -0.326 e. The van der Waals surface area contributed by atoms with Crippen LogP contribution in [0.15, 0.2) is 28.6 Å². The SMILES string of the molecule is Cc1ncsc1CN(C)S(=O)(=O)c1cc(F)ccc1CN. The molecule has 0 amide bonds. The summed E-state index contributed by atoms with van der Waals surface area (Å²) in [5.41, 5.74) is 8.39. The molecule has 1 aromatic heterocycles. The summed E-state index contributed by atoms with van der Waals surface area (Å²) in [6, 6.07) is 3.61. The summed E-state index contributed by atoms with van der Waals surface area (Å²) in [6.07, 6.45) is 0.